The van der Waals surface area contributed by atoms with E-state index < -0.39 is 0 Å². The van der Waals surface area contributed by atoms with Gasteiger partial charge in [0.1, 0.15) is 5.75 Å². The van der Waals surface area contributed by atoms with E-state index in [-0.39, 0.29) is 12.4 Å². The molecular formula is C16H15N5O2. The molecule has 0 aliphatic carbocycles. The lowest BCUT2D eigenvalue weighted by Crippen LogP contribution is -2.00. The van der Waals surface area contributed by atoms with Crippen molar-refractivity contribution in [2.45, 2.75) is 13.5 Å². The summed E-state index contributed by atoms with van der Waals surface area (Å²) in [6.45, 7) is 1.44. The number of hydrogen-bond acceptors (Lipinski definition) is 7. The number of anilines is 1. The third-order valence-corrected chi connectivity index (χ3v) is 3.46. The Hall–Kier alpha value is -3.06. The molecule has 3 aromatic rings. The topological polar surface area (TPSA) is 104 Å². The van der Waals surface area contributed by atoms with Crippen molar-refractivity contribution in [1.29, 1.82) is 0 Å². The van der Waals surface area contributed by atoms with Crippen LogP contribution < -0.4 is 5.43 Å². The zero-order chi connectivity index (χ0) is 16.2. The molecule has 116 valence electrons. The van der Waals surface area contributed by atoms with Gasteiger partial charge >= 0.3 is 0 Å². The largest absolute Gasteiger partial charge is 0.505 e. The summed E-state index contributed by atoms with van der Waals surface area (Å²) >= 11 is 0. The predicted molar refractivity (Wildman–Crippen MR) is 87.3 cm³/mol. The number of hydrogen-bond donors (Lipinski definition) is 3. The number of pyridine rings is 1. The van der Waals surface area contributed by atoms with E-state index in [2.05, 4.69) is 25.7 Å². The third-order valence-electron chi connectivity index (χ3n) is 3.46. The molecule has 2 heterocycles. The maximum Gasteiger partial charge on any atom is 0.176 e. The van der Waals surface area contributed by atoms with Gasteiger partial charge in [0.2, 0.25) is 0 Å². The molecule has 0 aliphatic heterocycles. The first-order valence-corrected chi connectivity index (χ1v) is 6.98. The summed E-state index contributed by atoms with van der Waals surface area (Å²) in [5.41, 5.74) is 4.19. The lowest BCUT2D eigenvalue weighted by atomic mass is 10.1. The van der Waals surface area contributed by atoms with E-state index in [1.807, 2.05) is 24.3 Å². The van der Waals surface area contributed by atoms with Gasteiger partial charge in [0.25, 0.3) is 0 Å². The molecule has 0 atom stereocenters. The molecule has 7 heteroatoms. The first kappa shape index (κ1) is 14.9. The highest BCUT2D eigenvalue weighted by atomic mass is 16.3. The van der Waals surface area contributed by atoms with Crippen LogP contribution in [0.1, 0.15) is 16.8 Å². The van der Waals surface area contributed by atoms with Crippen LogP contribution in [0, 0.1) is 6.92 Å². The van der Waals surface area contributed by atoms with Crippen LogP contribution in [-0.2, 0) is 6.61 Å². The maximum atomic E-state index is 10.1. The number of hydrazone groups is 1. The van der Waals surface area contributed by atoms with E-state index in [1.54, 1.807) is 13.1 Å². The van der Waals surface area contributed by atoms with E-state index in [0.29, 0.717) is 22.6 Å². The Morgan fingerprint density at radius 3 is 2.91 bits per heavy atom. The molecule has 0 unspecified atom stereocenters. The molecule has 3 rings (SSSR count). The second-order valence-electron chi connectivity index (χ2n) is 4.94. The summed E-state index contributed by atoms with van der Waals surface area (Å²) in [5, 5.41) is 33.3. The molecule has 0 amide bonds. The van der Waals surface area contributed by atoms with Crippen molar-refractivity contribution >= 4 is 22.8 Å². The fourth-order valence-electron chi connectivity index (χ4n) is 2.19. The number of aliphatic hydroxyl groups excluding tert-OH is 1. The van der Waals surface area contributed by atoms with Gasteiger partial charge in [-0.15, -0.1) is 5.10 Å². The number of rotatable bonds is 4. The zero-order valence-corrected chi connectivity index (χ0v) is 12.4. The van der Waals surface area contributed by atoms with Crippen molar-refractivity contribution in [3.05, 3.63) is 53.5 Å². The van der Waals surface area contributed by atoms with Gasteiger partial charge in [-0.25, -0.2) is 0 Å². The van der Waals surface area contributed by atoms with Gasteiger partial charge < -0.3 is 10.2 Å². The van der Waals surface area contributed by atoms with Gasteiger partial charge in [-0.2, -0.15) is 10.2 Å². The lowest BCUT2D eigenvalue weighted by Gasteiger charge is -2.07. The average Bonchev–Trinajstić information content (AvgIpc) is 2.59. The maximum absolute atomic E-state index is 10.1. The highest BCUT2D eigenvalue weighted by Gasteiger charge is 2.09. The Morgan fingerprint density at radius 2 is 2.09 bits per heavy atom. The van der Waals surface area contributed by atoms with E-state index in [4.69, 9.17) is 0 Å². The van der Waals surface area contributed by atoms with Gasteiger partial charge in [-0.1, -0.05) is 24.3 Å². The predicted octanol–water partition coefficient (Wildman–Crippen LogP) is 1.98. The van der Waals surface area contributed by atoms with Crippen molar-refractivity contribution in [3.63, 3.8) is 0 Å². The number of aromatic hydroxyl groups is 1. The fraction of sp³-hybridized carbons (Fsp3) is 0.125. The zero-order valence-electron chi connectivity index (χ0n) is 12.4. The number of aliphatic hydroxyl groups is 1. The number of fused-ring (bicyclic) bond motifs is 1. The van der Waals surface area contributed by atoms with E-state index in [1.165, 1.54) is 12.4 Å². The van der Waals surface area contributed by atoms with Crippen molar-refractivity contribution in [3.8, 4) is 5.75 Å². The highest BCUT2D eigenvalue weighted by molar-refractivity contribution is 5.92. The Kier molecular flexibility index (Phi) is 4.11. The third kappa shape index (κ3) is 2.95. The number of aromatic nitrogens is 3. The standard InChI is InChI=1S/C16H15N5O2/c1-10-15(23)14(12(9-22)6-17-10)8-19-21-16-13-5-3-2-4-11(13)7-18-20-16/h2-8,22-23H,9H2,1H3,(H,20,21)/b19-8+. The smallest absolute Gasteiger partial charge is 0.176 e. The molecule has 7 nitrogen and oxygen atoms in total. The van der Waals surface area contributed by atoms with Crippen LogP contribution in [0.5, 0.6) is 5.75 Å². The Balaban J connectivity index is 1.91. The Labute approximate surface area is 132 Å². The molecule has 0 spiro atoms. The lowest BCUT2D eigenvalue weighted by molar-refractivity contribution is 0.280. The molecule has 0 saturated heterocycles. The van der Waals surface area contributed by atoms with Crippen LogP contribution in [0.3, 0.4) is 0 Å². The van der Waals surface area contributed by atoms with E-state index in [0.717, 1.165) is 10.8 Å². The normalized spacial score (nSPS) is 11.2. The second kappa shape index (κ2) is 6.37. The van der Waals surface area contributed by atoms with Gasteiger partial charge in [0.15, 0.2) is 5.82 Å². The first-order chi connectivity index (χ1) is 11.2. The van der Waals surface area contributed by atoms with E-state index in [9.17, 15) is 10.2 Å². The summed E-state index contributed by atoms with van der Waals surface area (Å²) in [6.07, 6.45) is 4.61. The van der Waals surface area contributed by atoms with Crippen LogP contribution in [0.25, 0.3) is 10.8 Å². The monoisotopic (exact) mass is 309 g/mol. The molecule has 2 aromatic heterocycles. The molecule has 0 radical (unpaired) electrons. The number of benzene rings is 1. The summed E-state index contributed by atoms with van der Waals surface area (Å²) in [6, 6.07) is 7.67. The van der Waals surface area contributed by atoms with Crippen LogP contribution in [0.4, 0.5) is 5.82 Å². The number of nitrogens with one attached hydrogen (secondary N) is 1. The van der Waals surface area contributed by atoms with E-state index >= 15 is 0 Å². The summed E-state index contributed by atoms with van der Waals surface area (Å²) in [4.78, 5) is 4.00. The fourth-order valence-corrected chi connectivity index (χ4v) is 2.19. The molecular weight excluding hydrogens is 294 g/mol. The van der Waals surface area contributed by atoms with Crippen molar-refractivity contribution in [2.24, 2.45) is 5.10 Å². The van der Waals surface area contributed by atoms with Crippen LogP contribution in [0.2, 0.25) is 0 Å². The SMILES string of the molecule is Cc1ncc(CO)c(/C=N/Nc2nncc3ccccc23)c1O. The minimum Gasteiger partial charge on any atom is -0.505 e. The van der Waals surface area contributed by atoms with Crippen LogP contribution >= 0.6 is 0 Å². The summed E-state index contributed by atoms with van der Waals surface area (Å²) < 4.78 is 0. The van der Waals surface area contributed by atoms with Gasteiger partial charge in [0.05, 0.1) is 24.7 Å². The van der Waals surface area contributed by atoms with Crippen molar-refractivity contribution in [2.75, 3.05) is 5.43 Å². The van der Waals surface area contributed by atoms with Crippen molar-refractivity contribution in [1.82, 2.24) is 15.2 Å². The van der Waals surface area contributed by atoms with Gasteiger partial charge in [-0.3, -0.25) is 10.4 Å². The molecule has 3 N–H and O–H groups in total. The van der Waals surface area contributed by atoms with Crippen molar-refractivity contribution < 1.29 is 10.2 Å². The second-order valence-corrected chi connectivity index (χ2v) is 4.94. The molecule has 0 fully saturated rings. The van der Waals surface area contributed by atoms with Gasteiger partial charge in [-0.05, 0) is 6.92 Å². The average molecular weight is 309 g/mol. The number of nitrogens with zero attached hydrogens (tertiary/aromatic N) is 4. The minimum atomic E-state index is -0.240. The molecule has 0 saturated carbocycles. The Bertz CT molecular complexity index is 874. The van der Waals surface area contributed by atoms with Crippen LogP contribution in [0.15, 0.2) is 41.8 Å². The first-order valence-electron chi connectivity index (χ1n) is 6.98. The number of aryl methyl sites for hydroxylation is 1. The molecule has 23 heavy (non-hydrogen) atoms. The quantitative estimate of drug-likeness (QED) is 0.503. The van der Waals surface area contributed by atoms with Gasteiger partial charge in [0, 0.05) is 28.1 Å². The molecule has 0 aliphatic rings. The minimum absolute atomic E-state index is 0.00824. The highest BCUT2D eigenvalue weighted by Crippen LogP contribution is 2.22. The molecule has 1 aromatic carbocycles. The summed E-state index contributed by atoms with van der Waals surface area (Å²) in [5.74, 6) is 0.501. The molecule has 0 bridgehead atoms. The Morgan fingerprint density at radius 1 is 1.26 bits per heavy atom. The summed E-state index contributed by atoms with van der Waals surface area (Å²) in [7, 11) is 0. The van der Waals surface area contributed by atoms with Crippen LogP contribution in [-0.4, -0.2) is 31.6 Å².